The number of hydrogen-bond donors (Lipinski definition) is 0. The van der Waals surface area contributed by atoms with Crippen molar-refractivity contribution < 1.29 is 9.26 Å². The van der Waals surface area contributed by atoms with E-state index in [9.17, 15) is 0 Å². The molecule has 0 radical (unpaired) electrons. The molecule has 0 aliphatic carbocycles. The van der Waals surface area contributed by atoms with Crippen molar-refractivity contribution in [3.05, 3.63) is 34.7 Å². The molecule has 0 unspecified atom stereocenters. The summed E-state index contributed by atoms with van der Waals surface area (Å²) in [5, 5.41) is 3.89. The summed E-state index contributed by atoms with van der Waals surface area (Å²) in [5.41, 5.74) is 3.31. The molecule has 1 saturated heterocycles. The molecule has 0 bridgehead atoms. The Morgan fingerprint density at radius 1 is 1.20 bits per heavy atom. The Morgan fingerprint density at radius 3 is 2.52 bits per heavy atom. The third-order valence-corrected chi connectivity index (χ3v) is 4.98. The highest BCUT2D eigenvalue weighted by molar-refractivity contribution is 5.41. The number of piperazine rings is 1. The Morgan fingerprint density at radius 2 is 1.92 bits per heavy atom. The zero-order valence-electron chi connectivity index (χ0n) is 15.7. The van der Waals surface area contributed by atoms with Crippen LogP contribution in [0.4, 0.5) is 0 Å². The van der Waals surface area contributed by atoms with Gasteiger partial charge in [-0.2, -0.15) is 4.98 Å². The van der Waals surface area contributed by atoms with Crippen molar-refractivity contribution in [3.63, 3.8) is 0 Å². The molecule has 0 aromatic carbocycles. The topological polar surface area (TPSA) is 67.5 Å². The summed E-state index contributed by atoms with van der Waals surface area (Å²) in [6, 6.07) is 0.155. The summed E-state index contributed by atoms with van der Waals surface area (Å²) < 4.78 is 10.8. The molecule has 25 heavy (non-hydrogen) atoms. The monoisotopic (exact) mass is 345 g/mol. The lowest BCUT2D eigenvalue weighted by molar-refractivity contribution is 0.0837. The van der Waals surface area contributed by atoms with Gasteiger partial charge in [0.2, 0.25) is 5.89 Å². The lowest BCUT2D eigenvalue weighted by Gasteiger charge is -2.36. The second kappa shape index (κ2) is 7.49. The van der Waals surface area contributed by atoms with Crippen LogP contribution in [0.25, 0.3) is 0 Å². The molecule has 136 valence electrons. The first-order valence-corrected chi connectivity index (χ1v) is 8.75. The Labute approximate surface area is 149 Å². The van der Waals surface area contributed by atoms with E-state index in [-0.39, 0.29) is 6.04 Å². The lowest BCUT2D eigenvalue weighted by Crippen LogP contribution is -2.46. The zero-order chi connectivity index (χ0) is 18.0. The van der Waals surface area contributed by atoms with E-state index in [4.69, 9.17) is 9.26 Å². The van der Waals surface area contributed by atoms with Crippen LogP contribution in [0.2, 0.25) is 0 Å². The fourth-order valence-electron chi connectivity index (χ4n) is 3.39. The number of aromatic nitrogens is 3. The second-order valence-electron chi connectivity index (χ2n) is 6.71. The van der Waals surface area contributed by atoms with Crippen molar-refractivity contribution in [1.82, 2.24) is 24.9 Å². The van der Waals surface area contributed by atoms with Crippen LogP contribution in [0.3, 0.4) is 0 Å². The minimum absolute atomic E-state index is 0.155. The van der Waals surface area contributed by atoms with Gasteiger partial charge in [0, 0.05) is 50.0 Å². The van der Waals surface area contributed by atoms with Gasteiger partial charge in [0.05, 0.1) is 18.8 Å². The largest absolute Gasteiger partial charge is 0.496 e. The number of rotatable bonds is 5. The summed E-state index contributed by atoms with van der Waals surface area (Å²) in [6.45, 7) is 12.9. The number of pyridine rings is 1. The Kier molecular flexibility index (Phi) is 5.34. The van der Waals surface area contributed by atoms with Crippen LogP contribution in [0.5, 0.6) is 5.75 Å². The van der Waals surface area contributed by atoms with E-state index in [0.717, 1.165) is 55.3 Å². The SMILES string of the molecule is COc1c(C)cnc(CN2CCN([C@@H](C)c3nc(C)no3)CC2)c1C. The minimum Gasteiger partial charge on any atom is -0.496 e. The van der Waals surface area contributed by atoms with Crippen LogP contribution in [0.1, 0.15) is 41.5 Å². The molecule has 0 amide bonds. The average Bonchev–Trinajstić information content (AvgIpc) is 3.04. The number of nitrogens with zero attached hydrogens (tertiary/aromatic N) is 5. The number of hydrogen-bond acceptors (Lipinski definition) is 7. The van der Waals surface area contributed by atoms with Crippen LogP contribution in [-0.4, -0.2) is 58.2 Å². The molecule has 1 fully saturated rings. The van der Waals surface area contributed by atoms with Crippen molar-refractivity contribution in [3.8, 4) is 5.75 Å². The van der Waals surface area contributed by atoms with Gasteiger partial charge in [-0.05, 0) is 27.7 Å². The molecule has 1 aliphatic heterocycles. The molecule has 3 rings (SSSR count). The molecule has 0 saturated carbocycles. The van der Waals surface area contributed by atoms with Gasteiger partial charge >= 0.3 is 0 Å². The Balaban J connectivity index is 1.60. The maximum atomic E-state index is 5.52. The van der Waals surface area contributed by atoms with Gasteiger partial charge in [-0.3, -0.25) is 14.8 Å². The van der Waals surface area contributed by atoms with Gasteiger partial charge in [-0.25, -0.2) is 0 Å². The van der Waals surface area contributed by atoms with Crippen LogP contribution in [0.15, 0.2) is 10.7 Å². The van der Waals surface area contributed by atoms with Crippen molar-refractivity contribution >= 4 is 0 Å². The van der Waals surface area contributed by atoms with Crippen molar-refractivity contribution in [2.24, 2.45) is 0 Å². The van der Waals surface area contributed by atoms with E-state index in [2.05, 4.69) is 38.8 Å². The summed E-state index contributed by atoms with van der Waals surface area (Å²) >= 11 is 0. The van der Waals surface area contributed by atoms with Gasteiger partial charge in [-0.15, -0.1) is 0 Å². The number of methoxy groups -OCH3 is 1. The molecule has 7 nitrogen and oxygen atoms in total. The standard InChI is InChI=1S/C18H27N5O2/c1-12-10-19-16(13(2)17(12)24-5)11-22-6-8-23(9-7-22)14(3)18-20-15(4)21-25-18/h10,14H,6-9,11H2,1-5H3/t14-/m0/s1. The number of aryl methyl sites for hydroxylation is 2. The summed E-state index contributed by atoms with van der Waals surface area (Å²) in [7, 11) is 1.72. The minimum atomic E-state index is 0.155. The van der Waals surface area contributed by atoms with Gasteiger partial charge in [-0.1, -0.05) is 5.16 Å². The first kappa shape index (κ1) is 17.8. The first-order valence-electron chi connectivity index (χ1n) is 8.75. The van der Waals surface area contributed by atoms with Gasteiger partial charge in [0.15, 0.2) is 5.82 Å². The van der Waals surface area contributed by atoms with E-state index < -0.39 is 0 Å². The van der Waals surface area contributed by atoms with Gasteiger partial charge in [0.25, 0.3) is 0 Å². The maximum absolute atomic E-state index is 5.52. The first-order chi connectivity index (χ1) is 12.0. The molecule has 3 heterocycles. The Hall–Kier alpha value is -1.99. The molecule has 2 aromatic heterocycles. The van der Waals surface area contributed by atoms with E-state index in [1.807, 2.05) is 20.0 Å². The summed E-state index contributed by atoms with van der Waals surface area (Å²) in [6.07, 6.45) is 1.90. The van der Waals surface area contributed by atoms with E-state index in [0.29, 0.717) is 11.7 Å². The summed E-state index contributed by atoms with van der Waals surface area (Å²) in [4.78, 5) is 13.8. The molecular weight excluding hydrogens is 318 g/mol. The van der Waals surface area contributed by atoms with E-state index in [1.165, 1.54) is 0 Å². The molecular formula is C18H27N5O2. The fourth-order valence-corrected chi connectivity index (χ4v) is 3.39. The highest BCUT2D eigenvalue weighted by atomic mass is 16.5. The normalized spacial score (nSPS) is 17.6. The second-order valence-corrected chi connectivity index (χ2v) is 6.71. The van der Waals surface area contributed by atoms with Crippen molar-refractivity contribution in [2.45, 2.75) is 40.3 Å². The van der Waals surface area contributed by atoms with Crippen LogP contribution in [0, 0.1) is 20.8 Å². The van der Waals surface area contributed by atoms with Crippen LogP contribution >= 0.6 is 0 Å². The van der Waals surface area contributed by atoms with Gasteiger partial charge < -0.3 is 9.26 Å². The molecule has 1 atom stereocenters. The van der Waals surface area contributed by atoms with Crippen molar-refractivity contribution in [1.29, 1.82) is 0 Å². The molecule has 0 N–H and O–H groups in total. The molecule has 1 aliphatic rings. The van der Waals surface area contributed by atoms with Crippen LogP contribution in [-0.2, 0) is 6.54 Å². The maximum Gasteiger partial charge on any atom is 0.243 e. The van der Waals surface area contributed by atoms with E-state index >= 15 is 0 Å². The predicted molar refractivity (Wildman–Crippen MR) is 94.6 cm³/mol. The molecule has 7 heteroatoms. The zero-order valence-corrected chi connectivity index (χ0v) is 15.7. The van der Waals surface area contributed by atoms with E-state index in [1.54, 1.807) is 7.11 Å². The summed E-state index contributed by atoms with van der Waals surface area (Å²) in [5.74, 6) is 2.34. The third-order valence-electron chi connectivity index (χ3n) is 4.98. The fraction of sp³-hybridized carbons (Fsp3) is 0.611. The third kappa shape index (κ3) is 3.82. The van der Waals surface area contributed by atoms with Crippen molar-refractivity contribution in [2.75, 3.05) is 33.3 Å². The molecule has 2 aromatic rings. The number of ether oxygens (including phenoxy) is 1. The molecule has 0 spiro atoms. The predicted octanol–water partition coefficient (Wildman–Crippen LogP) is 2.28. The smallest absolute Gasteiger partial charge is 0.243 e. The lowest BCUT2D eigenvalue weighted by atomic mass is 10.1. The van der Waals surface area contributed by atoms with Crippen LogP contribution < -0.4 is 4.74 Å². The highest BCUT2D eigenvalue weighted by Gasteiger charge is 2.26. The quantitative estimate of drug-likeness (QED) is 0.823. The van der Waals surface area contributed by atoms with Gasteiger partial charge in [0.1, 0.15) is 5.75 Å². The highest BCUT2D eigenvalue weighted by Crippen LogP contribution is 2.26. The Bertz CT molecular complexity index is 722. The average molecular weight is 345 g/mol.